The van der Waals surface area contributed by atoms with Gasteiger partial charge in [-0.2, -0.15) is 17.5 Å². The molecule has 7 nitrogen and oxygen atoms in total. The second kappa shape index (κ2) is 15.8. The Morgan fingerprint density at radius 3 is 1.80 bits per heavy atom. The van der Waals surface area contributed by atoms with E-state index in [4.69, 9.17) is 4.74 Å². The molecule has 5 rings (SSSR count). The molecular weight excluding hydrogens is 664 g/mol. The van der Waals surface area contributed by atoms with Crippen molar-refractivity contribution in [3.8, 4) is 11.1 Å². The van der Waals surface area contributed by atoms with Gasteiger partial charge in [0, 0.05) is 38.1 Å². The van der Waals surface area contributed by atoms with Crippen molar-refractivity contribution >= 4 is 16.1 Å². The van der Waals surface area contributed by atoms with Crippen LogP contribution in [0.4, 0.5) is 18.0 Å². The molecule has 1 amide bonds. The van der Waals surface area contributed by atoms with Crippen LogP contribution in [0.25, 0.3) is 11.1 Å². The largest absolute Gasteiger partial charge is 0.444 e. The lowest BCUT2D eigenvalue weighted by atomic mass is 10.0. The molecule has 0 radical (unpaired) electrons. The minimum Gasteiger partial charge on any atom is -0.444 e. The number of halogens is 3. The van der Waals surface area contributed by atoms with Crippen molar-refractivity contribution in [2.24, 2.45) is 0 Å². The Hall–Kier alpha value is -4.22. The third-order valence-electron chi connectivity index (χ3n) is 8.75. The summed E-state index contributed by atoms with van der Waals surface area (Å²) in [7, 11) is -4.16. The van der Waals surface area contributed by atoms with Crippen molar-refractivity contribution in [3.05, 3.63) is 120 Å². The smallest absolute Gasteiger partial charge is 0.416 e. The Balaban J connectivity index is 1.32. The number of carbonyl (C=O) groups is 1. The summed E-state index contributed by atoms with van der Waals surface area (Å²) in [5.74, 6) is 0. The number of pyridine rings is 1. The number of ether oxygens (including phenoxy) is 1. The van der Waals surface area contributed by atoms with Crippen LogP contribution in [0.2, 0.25) is 0 Å². The quantitative estimate of drug-likeness (QED) is 0.153. The minimum absolute atomic E-state index is 0.000859. The third kappa shape index (κ3) is 9.94. The molecule has 0 unspecified atom stereocenters. The monoisotopic (exact) mass is 707 g/mol. The molecule has 1 fully saturated rings. The van der Waals surface area contributed by atoms with Gasteiger partial charge in [-0.3, -0.25) is 4.98 Å². The van der Waals surface area contributed by atoms with Gasteiger partial charge in [0.05, 0.1) is 10.5 Å². The fourth-order valence-electron chi connectivity index (χ4n) is 6.12. The first-order valence-corrected chi connectivity index (χ1v) is 18.4. The van der Waals surface area contributed by atoms with Crippen LogP contribution in [0.3, 0.4) is 0 Å². The lowest BCUT2D eigenvalue weighted by Gasteiger charge is -2.33. The normalized spacial score (nSPS) is 14.7. The van der Waals surface area contributed by atoms with Crippen molar-refractivity contribution < 1.29 is 31.1 Å². The van der Waals surface area contributed by atoms with Gasteiger partial charge in [0.25, 0.3) is 0 Å². The molecule has 0 N–H and O–H groups in total. The topological polar surface area (TPSA) is 79.8 Å². The van der Waals surface area contributed by atoms with Crippen LogP contribution >= 0.6 is 0 Å². The van der Waals surface area contributed by atoms with Crippen molar-refractivity contribution in [1.29, 1.82) is 0 Å². The number of carbonyl (C=O) groups excluding carboxylic acids is 1. The summed E-state index contributed by atoms with van der Waals surface area (Å²) in [4.78, 5) is 19.0. The number of rotatable bonds is 10. The number of aromatic nitrogens is 1. The molecule has 11 heteroatoms. The maximum absolute atomic E-state index is 13.7. The molecule has 4 aromatic rings. The predicted octanol–water partition coefficient (Wildman–Crippen LogP) is 9.62. The summed E-state index contributed by atoms with van der Waals surface area (Å²) in [5, 5.41) is 0. The van der Waals surface area contributed by atoms with E-state index in [1.165, 1.54) is 17.1 Å². The van der Waals surface area contributed by atoms with Gasteiger partial charge in [-0.25, -0.2) is 13.2 Å². The summed E-state index contributed by atoms with van der Waals surface area (Å²) < 4.78 is 73.9. The second-order valence-electron chi connectivity index (χ2n) is 13.8. The van der Waals surface area contributed by atoms with Gasteiger partial charge in [-0.1, -0.05) is 80.3 Å². The molecule has 0 bridgehead atoms. The van der Waals surface area contributed by atoms with Crippen LogP contribution in [0.1, 0.15) is 81.5 Å². The fraction of sp³-hybridized carbons (Fsp3) is 0.385. The Labute approximate surface area is 293 Å². The molecule has 0 aliphatic heterocycles. The van der Waals surface area contributed by atoms with Crippen LogP contribution in [-0.2, 0) is 40.6 Å². The molecule has 1 heterocycles. The van der Waals surface area contributed by atoms with E-state index in [1.54, 1.807) is 24.5 Å². The van der Waals surface area contributed by atoms with Gasteiger partial charge in [0.15, 0.2) is 0 Å². The predicted molar refractivity (Wildman–Crippen MR) is 187 cm³/mol. The maximum atomic E-state index is 13.7. The zero-order chi connectivity index (χ0) is 35.9. The number of alkyl halides is 3. The minimum atomic E-state index is -4.57. The van der Waals surface area contributed by atoms with Crippen LogP contribution in [0, 0.1) is 0 Å². The maximum Gasteiger partial charge on any atom is 0.416 e. The Morgan fingerprint density at radius 1 is 0.760 bits per heavy atom. The Morgan fingerprint density at radius 2 is 1.30 bits per heavy atom. The molecule has 1 aromatic heterocycles. The Bertz CT molecular complexity index is 1800. The van der Waals surface area contributed by atoms with Crippen LogP contribution in [0.5, 0.6) is 0 Å². The van der Waals surface area contributed by atoms with Gasteiger partial charge in [0.1, 0.15) is 5.60 Å². The average molecular weight is 708 g/mol. The van der Waals surface area contributed by atoms with Gasteiger partial charge in [0.2, 0.25) is 10.0 Å². The number of hydrogen-bond donors (Lipinski definition) is 0. The highest BCUT2D eigenvalue weighted by atomic mass is 32.2. The number of sulfonamides is 1. The van der Waals surface area contributed by atoms with Crippen LogP contribution in [-0.4, -0.2) is 40.3 Å². The van der Waals surface area contributed by atoms with E-state index < -0.39 is 27.4 Å². The van der Waals surface area contributed by atoms with E-state index >= 15 is 0 Å². The molecule has 266 valence electrons. The number of amides is 1. The Kier molecular flexibility index (Phi) is 11.7. The molecule has 3 aromatic carbocycles. The van der Waals surface area contributed by atoms with Gasteiger partial charge >= 0.3 is 12.3 Å². The summed E-state index contributed by atoms with van der Waals surface area (Å²) in [6, 6.07) is 22.7. The van der Waals surface area contributed by atoms with Gasteiger partial charge in [-0.15, -0.1) is 0 Å². The summed E-state index contributed by atoms with van der Waals surface area (Å²) in [6.07, 6.45) is 4.78. The van der Waals surface area contributed by atoms with Crippen LogP contribution in [0.15, 0.2) is 102 Å². The van der Waals surface area contributed by atoms with E-state index in [9.17, 15) is 26.4 Å². The number of hydrogen-bond acceptors (Lipinski definition) is 5. The lowest BCUT2D eigenvalue weighted by Crippen LogP contribution is -2.42. The molecule has 1 aliphatic carbocycles. The molecule has 0 atom stereocenters. The highest BCUT2D eigenvalue weighted by molar-refractivity contribution is 7.89. The zero-order valence-electron chi connectivity index (χ0n) is 28.7. The molecule has 0 spiro atoms. The van der Waals surface area contributed by atoms with E-state index in [0.29, 0.717) is 17.7 Å². The van der Waals surface area contributed by atoms with E-state index in [0.717, 1.165) is 66.6 Å². The van der Waals surface area contributed by atoms with Crippen molar-refractivity contribution in [2.45, 2.75) is 102 Å². The summed E-state index contributed by atoms with van der Waals surface area (Å²) in [5.41, 5.74) is 2.74. The number of benzene rings is 3. The highest BCUT2D eigenvalue weighted by Gasteiger charge is 2.32. The first kappa shape index (κ1) is 37.0. The zero-order valence-corrected chi connectivity index (χ0v) is 29.5. The van der Waals surface area contributed by atoms with E-state index in [2.05, 4.69) is 4.98 Å². The SMILES string of the molecule is CC(C)(C)OC(=O)N(Cc1ccc(-c2ccc(CN(Cc3cccnc3)S(=O)(=O)c3ccc(C(F)(F)F)cc3)cc2)cc1)C1CCCCCC1. The van der Waals surface area contributed by atoms with Gasteiger partial charge in [-0.05, 0) is 91.8 Å². The molecular formula is C39H44F3N3O4S. The molecule has 1 saturated carbocycles. The lowest BCUT2D eigenvalue weighted by molar-refractivity contribution is -0.137. The molecule has 0 saturated heterocycles. The number of nitrogens with zero attached hydrogens (tertiary/aromatic N) is 3. The summed E-state index contributed by atoms with van der Waals surface area (Å²) >= 11 is 0. The van der Waals surface area contributed by atoms with Crippen molar-refractivity contribution in [3.63, 3.8) is 0 Å². The van der Waals surface area contributed by atoms with E-state index in [1.807, 2.05) is 74.2 Å². The first-order chi connectivity index (χ1) is 23.7. The second-order valence-corrected chi connectivity index (χ2v) is 15.7. The van der Waals surface area contributed by atoms with Gasteiger partial charge < -0.3 is 9.64 Å². The average Bonchev–Trinajstić information content (AvgIpc) is 3.36. The third-order valence-corrected chi connectivity index (χ3v) is 10.6. The fourth-order valence-corrected chi connectivity index (χ4v) is 7.54. The molecule has 1 aliphatic rings. The first-order valence-electron chi connectivity index (χ1n) is 16.9. The summed E-state index contributed by atoms with van der Waals surface area (Å²) in [6.45, 7) is 6.09. The van der Waals surface area contributed by atoms with Crippen LogP contribution < -0.4 is 0 Å². The van der Waals surface area contributed by atoms with Crippen molar-refractivity contribution in [2.75, 3.05) is 0 Å². The highest BCUT2D eigenvalue weighted by Crippen LogP contribution is 2.31. The standard InChI is InChI=1S/C39H44F3N3O4S/c1-38(2,3)49-37(46)45(35-10-6-4-5-7-11-35)28-30-14-18-33(19-15-30)32-16-12-29(13-17-32)26-44(27-31-9-8-24-43-25-31)50(47,48)36-22-20-34(21-23-36)39(40,41)42/h8-9,12-25,35H,4-7,10-11,26-28H2,1-3H3. The molecule has 50 heavy (non-hydrogen) atoms. The van der Waals surface area contributed by atoms with E-state index in [-0.39, 0.29) is 30.1 Å². The van der Waals surface area contributed by atoms with Crippen molar-refractivity contribution in [1.82, 2.24) is 14.2 Å².